The third-order valence-electron chi connectivity index (χ3n) is 3.64. The standard InChI is InChI=1S/C13H25N3O3/c1-10-6-5-7-16(11(10)12(17)18)13(19)15(4)9-8-14(2)3/h10-11H,5-9H2,1-4H3,(H,17,18). The SMILES string of the molecule is CC1CCCN(C(=O)N(C)CCN(C)C)C1C(=O)O. The zero-order valence-electron chi connectivity index (χ0n) is 12.3. The summed E-state index contributed by atoms with van der Waals surface area (Å²) in [5, 5.41) is 9.31. The van der Waals surface area contributed by atoms with Crippen molar-refractivity contribution >= 4 is 12.0 Å². The van der Waals surface area contributed by atoms with Crippen LogP contribution in [0.5, 0.6) is 0 Å². The molecule has 2 unspecified atom stereocenters. The van der Waals surface area contributed by atoms with Crippen molar-refractivity contribution in [3.8, 4) is 0 Å². The summed E-state index contributed by atoms with van der Waals surface area (Å²) in [7, 11) is 5.62. The van der Waals surface area contributed by atoms with Crippen molar-refractivity contribution < 1.29 is 14.7 Å². The van der Waals surface area contributed by atoms with Crippen LogP contribution < -0.4 is 0 Å². The lowest BCUT2D eigenvalue weighted by Crippen LogP contribution is -2.55. The van der Waals surface area contributed by atoms with Gasteiger partial charge in [-0.3, -0.25) is 0 Å². The molecule has 0 aromatic rings. The first-order chi connectivity index (χ1) is 8.84. The molecule has 1 saturated heterocycles. The number of carbonyl (C=O) groups is 2. The average molecular weight is 271 g/mol. The second-order valence-corrected chi connectivity index (χ2v) is 5.60. The van der Waals surface area contributed by atoms with E-state index in [0.29, 0.717) is 13.1 Å². The van der Waals surface area contributed by atoms with Crippen molar-refractivity contribution in [1.29, 1.82) is 0 Å². The fourth-order valence-corrected chi connectivity index (χ4v) is 2.44. The normalized spacial score (nSPS) is 23.5. The number of piperidine rings is 1. The van der Waals surface area contributed by atoms with Gasteiger partial charge in [-0.15, -0.1) is 0 Å². The molecule has 0 spiro atoms. The first-order valence-corrected chi connectivity index (χ1v) is 6.74. The molecule has 0 bridgehead atoms. The van der Waals surface area contributed by atoms with E-state index in [2.05, 4.69) is 0 Å². The summed E-state index contributed by atoms with van der Waals surface area (Å²) >= 11 is 0. The fraction of sp³-hybridized carbons (Fsp3) is 0.846. The second-order valence-electron chi connectivity index (χ2n) is 5.60. The van der Waals surface area contributed by atoms with E-state index in [1.165, 1.54) is 4.90 Å². The van der Waals surface area contributed by atoms with Crippen LogP contribution in [0.2, 0.25) is 0 Å². The minimum atomic E-state index is -0.901. The molecule has 6 nitrogen and oxygen atoms in total. The molecular formula is C13H25N3O3. The number of hydrogen-bond donors (Lipinski definition) is 1. The van der Waals surface area contributed by atoms with Gasteiger partial charge in [0.1, 0.15) is 6.04 Å². The smallest absolute Gasteiger partial charge is 0.326 e. The van der Waals surface area contributed by atoms with E-state index in [1.54, 1.807) is 11.9 Å². The summed E-state index contributed by atoms with van der Waals surface area (Å²) in [4.78, 5) is 28.8. The Bertz CT molecular complexity index is 333. The molecule has 0 radical (unpaired) electrons. The summed E-state index contributed by atoms with van der Waals surface area (Å²) in [6.07, 6.45) is 1.74. The number of amides is 2. The summed E-state index contributed by atoms with van der Waals surface area (Å²) < 4.78 is 0. The molecule has 0 saturated carbocycles. The molecular weight excluding hydrogens is 246 g/mol. The fourth-order valence-electron chi connectivity index (χ4n) is 2.44. The van der Waals surface area contributed by atoms with E-state index < -0.39 is 12.0 Å². The Morgan fingerprint density at radius 3 is 2.42 bits per heavy atom. The third kappa shape index (κ3) is 4.09. The molecule has 1 rings (SSSR count). The second kappa shape index (κ2) is 6.75. The highest BCUT2D eigenvalue weighted by atomic mass is 16.4. The van der Waals surface area contributed by atoms with Crippen molar-refractivity contribution in [3.63, 3.8) is 0 Å². The van der Waals surface area contributed by atoms with Crippen LogP contribution in [0.1, 0.15) is 19.8 Å². The van der Waals surface area contributed by atoms with Gasteiger partial charge in [-0.25, -0.2) is 9.59 Å². The largest absolute Gasteiger partial charge is 0.480 e. The van der Waals surface area contributed by atoms with Gasteiger partial charge < -0.3 is 19.8 Å². The summed E-state index contributed by atoms with van der Waals surface area (Å²) in [6, 6.07) is -0.871. The van der Waals surface area contributed by atoms with E-state index >= 15 is 0 Å². The quantitative estimate of drug-likeness (QED) is 0.821. The van der Waals surface area contributed by atoms with Crippen LogP contribution in [0, 0.1) is 5.92 Å². The molecule has 2 amide bonds. The van der Waals surface area contributed by atoms with Crippen LogP contribution in [0.25, 0.3) is 0 Å². The van der Waals surface area contributed by atoms with Gasteiger partial charge in [0.2, 0.25) is 0 Å². The number of likely N-dealkylation sites (N-methyl/N-ethyl adjacent to an activating group) is 2. The molecule has 1 aliphatic heterocycles. The maximum atomic E-state index is 12.3. The number of carboxylic acids is 1. The predicted molar refractivity (Wildman–Crippen MR) is 73.1 cm³/mol. The topological polar surface area (TPSA) is 64.1 Å². The molecule has 1 heterocycles. The lowest BCUT2D eigenvalue weighted by molar-refractivity contribution is -0.145. The van der Waals surface area contributed by atoms with Gasteiger partial charge in [0.15, 0.2) is 0 Å². The molecule has 0 aliphatic carbocycles. The number of carboxylic acid groups (broad SMARTS) is 1. The first-order valence-electron chi connectivity index (χ1n) is 6.74. The van der Waals surface area contributed by atoms with Gasteiger partial charge in [0, 0.05) is 26.7 Å². The van der Waals surface area contributed by atoms with Gasteiger partial charge in [-0.2, -0.15) is 0 Å². The maximum Gasteiger partial charge on any atom is 0.326 e. The molecule has 2 atom stereocenters. The van der Waals surface area contributed by atoms with Crippen molar-refractivity contribution in [2.75, 3.05) is 40.8 Å². The van der Waals surface area contributed by atoms with Crippen molar-refractivity contribution in [2.45, 2.75) is 25.8 Å². The van der Waals surface area contributed by atoms with E-state index in [-0.39, 0.29) is 11.9 Å². The van der Waals surface area contributed by atoms with Crippen LogP contribution in [-0.4, -0.2) is 78.6 Å². The van der Waals surface area contributed by atoms with Crippen LogP contribution >= 0.6 is 0 Å². The van der Waals surface area contributed by atoms with Gasteiger partial charge >= 0.3 is 12.0 Å². The van der Waals surface area contributed by atoms with Gasteiger partial charge in [-0.05, 0) is 32.9 Å². The minimum Gasteiger partial charge on any atom is -0.480 e. The highest BCUT2D eigenvalue weighted by Crippen LogP contribution is 2.24. The zero-order valence-corrected chi connectivity index (χ0v) is 12.3. The van der Waals surface area contributed by atoms with Crippen molar-refractivity contribution in [3.05, 3.63) is 0 Å². The minimum absolute atomic E-state index is 0.0115. The molecule has 1 aliphatic rings. The van der Waals surface area contributed by atoms with Crippen LogP contribution in [0.15, 0.2) is 0 Å². The Hall–Kier alpha value is -1.30. The Kier molecular flexibility index (Phi) is 5.60. The number of likely N-dealkylation sites (tertiary alicyclic amines) is 1. The van der Waals surface area contributed by atoms with E-state index in [9.17, 15) is 14.7 Å². The maximum absolute atomic E-state index is 12.3. The lowest BCUT2D eigenvalue weighted by Gasteiger charge is -2.39. The lowest BCUT2D eigenvalue weighted by atomic mass is 9.91. The molecule has 6 heteroatoms. The molecule has 1 N–H and O–H groups in total. The van der Waals surface area contributed by atoms with E-state index in [1.807, 2.05) is 25.9 Å². The van der Waals surface area contributed by atoms with Crippen LogP contribution in [0.3, 0.4) is 0 Å². The molecule has 0 aromatic carbocycles. The summed E-state index contributed by atoms with van der Waals surface area (Å²) in [5.41, 5.74) is 0. The van der Waals surface area contributed by atoms with Crippen molar-refractivity contribution in [1.82, 2.24) is 14.7 Å². The average Bonchev–Trinajstić information content (AvgIpc) is 2.34. The number of carbonyl (C=O) groups excluding carboxylic acids is 1. The number of rotatable bonds is 4. The van der Waals surface area contributed by atoms with Crippen LogP contribution in [-0.2, 0) is 4.79 Å². The molecule has 1 fully saturated rings. The highest BCUT2D eigenvalue weighted by molar-refractivity contribution is 5.83. The number of aliphatic carboxylic acids is 1. The zero-order chi connectivity index (χ0) is 14.6. The molecule has 110 valence electrons. The van der Waals surface area contributed by atoms with E-state index in [0.717, 1.165) is 19.4 Å². The monoisotopic (exact) mass is 271 g/mol. The number of nitrogens with zero attached hydrogens (tertiary/aromatic N) is 3. The Morgan fingerprint density at radius 2 is 1.89 bits per heavy atom. The summed E-state index contributed by atoms with van der Waals surface area (Å²) in [5.74, 6) is -0.890. The Morgan fingerprint density at radius 1 is 1.26 bits per heavy atom. The number of hydrogen-bond acceptors (Lipinski definition) is 3. The molecule has 19 heavy (non-hydrogen) atoms. The van der Waals surface area contributed by atoms with Gasteiger partial charge in [0.25, 0.3) is 0 Å². The Labute approximate surface area is 115 Å². The van der Waals surface area contributed by atoms with Crippen molar-refractivity contribution in [2.24, 2.45) is 5.92 Å². The van der Waals surface area contributed by atoms with Crippen LogP contribution in [0.4, 0.5) is 4.79 Å². The first kappa shape index (κ1) is 15.8. The predicted octanol–water partition coefficient (Wildman–Crippen LogP) is 0.785. The van der Waals surface area contributed by atoms with Gasteiger partial charge in [-0.1, -0.05) is 6.92 Å². The third-order valence-corrected chi connectivity index (χ3v) is 3.64. The summed E-state index contributed by atoms with van der Waals surface area (Å²) in [6.45, 7) is 3.80. The highest BCUT2D eigenvalue weighted by Gasteiger charge is 2.38. The molecule has 0 aromatic heterocycles. The number of urea groups is 1. The Balaban J connectivity index is 2.69. The van der Waals surface area contributed by atoms with Gasteiger partial charge in [0.05, 0.1) is 0 Å². The van der Waals surface area contributed by atoms with E-state index in [4.69, 9.17) is 0 Å².